The number of aromatic nitrogens is 1. The molecular weight excluding hydrogens is 232 g/mol. The molecule has 2 N–H and O–H groups in total. The number of nitrogens with one attached hydrogen (secondary N) is 2. The predicted octanol–water partition coefficient (Wildman–Crippen LogP) is 1.79. The lowest BCUT2D eigenvalue weighted by Crippen LogP contribution is -2.39. The smallest absolute Gasteiger partial charge is 0.287 e. The van der Waals surface area contributed by atoms with Crippen LogP contribution in [0.4, 0.5) is 11.5 Å². The fraction of sp³-hybridized carbons (Fsp3) is 0.583. The zero-order valence-electron chi connectivity index (χ0n) is 10.5. The van der Waals surface area contributed by atoms with Crippen LogP contribution in [-0.2, 0) is 0 Å². The third-order valence-corrected chi connectivity index (χ3v) is 3.47. The Bertz CT molecular complexity index is 413. The predicted molar refractivity (Wildman–Crippen MR) is 69.6 cm³/mol. The Hall–Kier alpha value is -1.69. The van der Waals surface area contributed by atoms with Crippen molar-refractivity contribution >= 4 is 11.5 Å². The molecule has 0 amide bonds. The molecule has 0 atom stereocenters. The molecule has 0 spiro atoms. The van der Waals surface area contributed by atoms with Gasteiger partial charge >= 0.3 is 0 Å². The molecule has 0 bridgehead atoms. The monoisotopic (exact) mass is 250 g/mol. The van der Waals surface area contributed by atoms with Gasteiger partial charge in [-0.3, -0.25) is 10.1 Å². The van der Waals surface area contributed by atoms with Gasteiger partial charge < -0.3 is 10.6 Å². The van der Waals surface area contributed by atoms with E-state index in [1.807, 2.05) is 0 Å². The van der Waals surface area contributed by atoms with E-state index in [-0.39, 0.29) is 11.1 Å². The highest BCUT2D eigenvalue weighted by atomic mass is 16.6. The van der Waals surface area contributed by atoms with E-state index in [9.17, 15) is 10.1 Å². The summed E-state index contributed by atoms with van der Waals surface area (Å²) in [5.41, 5.74) is 0.294. The van der Waals surface area contributed by atoms with Crippen molar-refractivity contribution in [2.45, 2.75) is 19.8 Å². The van der Waals surface area contributed by atoms with Gasteiger partial charge in [0, 0.05) is 12.6 Å². The Kier molecular flexibility index (Phi) is 3.76. The van der Waals surface area contributed by atoms with Gasteiger partial charge in [-0.25, -0.2) is 4.98 Å². The van der Waals surface area contributed by atoms with E-state index in [0.29, 0.717) is 5.82 Å². The number of piperidine rings is 1. The highest BCUT2D eigenvalue weighted by Gasteiger charge is 2.26. The highest BCUT2D eigenvalue weighted by molar-refractivity contribution is 5.40. The van der Waals surface area contributed by atoms with Crippen LogP contribution in [0.15, 0.2) is 18.3 Å². The molecule has 2 heterocycles. The maximum Gasteiger partial charge on any atom is 0.287 e. The number of rotatable bonds is 4. The van der Waals surface area contributed by atoms with Gasteiger partial charge in [0.25, 0.3) is 5.69 Å². The lowest BCUT2D eigenvalue weighted by atomic mass is 9.81. The number of anilines is 1. The zero-order chi connectivity index (χ0) is 13.0. The molecule has 1 fully saturated rings. The van der Waals surface area contributed by atoms with E-state index in [4.69, 9.17) is 0 Å². The minimum Gasteiger partial charge on any atom is -0.370 e. The van der Waals surface area contributed by atoms with E-state index in [1.165, 1.54) is 12.3 Å². The molecule has 1 aliphatic heterocycles. The second-order valence-electron chi connectivity index (χ2n) is 5.07. The molecule has 6 heteroatoms. The Labute approximate surface area is 106 Å². The largest absolute Gasteiger partial charge is 0.370 e. The van der Waals surface area contributed by atoms with Crippen LogP contribution in [0, 0.1) is 15.5 Å². The van der Waals surface area contributed by atoms with Gasteiger partial charge in [0.1, 0.15) is 12.0 Å². The van der Waals surface area contributed by atoms with Crippen molar-refractivity contribution in [2.24, 2.45) is 5.41 Å². The molecular formula is C12H18N4O2. The Morgan fingerprint density at radius 1 is 1.50 bits per heavy atom. The van der Waals surface area contributed by atoms with Crippen LogP contribution in [0.3, 0.4) is 0 Å². The Balaban J connectivity index is 1.91. The molecule has 98 valence electrons. The molecule has 18 heavy (non-hydrogen) atoms. The first-order valence-corrected chi connectivity index (χ1v) is 6.14. The summed E-state index contributed by atoms with van der Waals surface area (Å²) in [4.78, 5) is 14.1. The van der Waals surface area contributed by atoms with E-state index in [2.05, 4.69) is 22.5 Å². The maximum absolute atomic E-state index is 10.5. The topological polar surface area (TPSA) is 80.1 Å². The van der Waals surface area contributed by atoms with E-state index in [1.54, 1.807) is 6.07 Å². The van der Waals surface area contributed by atoms with Gasteiger partial charge in [-0.15, -0.1) is 0 Å². The second-order valence-corrected chi connectivity index (χ2v) is 5.07. The summed E-state index contributed by atoms with van der Waals surface area (Å²) < 4.78 is 0. The number of nitro groups is 1. The van der Waals surface area contributed by atoms with Crippen molar-refractivity contribution in [1.82, 2.24) is 10.3 Å². The lowest BCUT2D eigenvalue weighted by molar-refractivity contribution is -0.385. The molecule has 0 aliphatic carbocycles. The number of hydrogen-bond acceptors (Lipinski definition) is 5. The summed E-state index contributed by atoms with van der Waals surface area (Å²) in [5.74, 6) is 0.695. The maximum atomic E-state index is 10.5. The third-order valence-electron chi connectivity index (χ3n) is 3.47. The highest BCUT2D eigenvalue weighted by Crippen LogP contribution is 2.28. The average Bonchev–Trinajstić information content (AvgIpc) is 2.38. The van der Waals surface area contributed by atoms with Crippen molar-refractivity contribution in [3.05, 3.63) is 28.4 Å². The third kappa shape index (κ3) is 3.16. The van der Waals surface area contributed by atoms with E-state index < -0.39 is 4.92 Å². The Morgan fingerprint density at radius 2 is 2.22 bits per heavy atom. The van der Waals surface area contributed by atoms with E-state index >= 15 is 0 Å². The molecule has 0 unspecified atom stereocenters. The van der Waals surface area contributed by atoms with Crippen molar-refractivity contribution in [3.8, 4) is 0 Å². The van der Waals surface area contributed by atoms with Crippen LogP contribution < -0.4 is 10.6 Å². The van der Waals surface area contributed by atoms with Crippen LogP contribution in [0.25, 0.3) is 0 Å². The number of hydrogen-bond donors (Lipinski definition) is 2. The fourth-order valence-corrected chi connectivity index (χ4v) is 2.11. The minimum absolute atomic E-state index is 0.0219. The normalized spacial score (nSPS) is 18.3. The van der Waals surface area contributed by atoms with E-state index in [0.717, 1.165) is 32.5 Å². The molecule has 1 saturated heterocycles. The van der Waals surface area contributed by atoms with Crippen LogP contribution in [-0.4, -0.2) is 29.5 Å². The molecule has 1 aliphatic rings. The first kappa shape index (κ1) is 12.8. The van der Waals surface area contributed by atoms with Gasteiger partial charge in [-0.2, -0.15) is 0 Å². The minimum atomic E-state index is -0.440. The number of pyridine rings is 1. The quantitative estimate of drug-likeness (QED) is 0.629. The standard InChI is InChI=1S/C12H18N4O2/c1-12(4-6-13-7-5-12)9-15-11-3-2-10(8-14-11)16(17)18/h2-3,8,13H,4-7,9H2,1H3,(H,14,15). The summed E-state index contributed by atoms with van der Waals surface area (Å²) in [6.07, 6.45) is 3.55. The van der Waals surface area contributed by atoms with Crippen molar-refractivity contribution < 1.29 is 4.92 Å². The summed E-state index contributed by atoms with van der Waals surface area (Å²) >= 11 is 0. The molecule has 1 aromatic rings. The van der Waals surface area contributed by atoms with Crippen LogP contribution >= 0.6 is 0 Å². The van der Waals surface area contributed by atoms with Gasteiger partial charge in [-0.05, 0) is 37.4 Å². The molecule has 6 nitrogen and oxygen atoms in total. The van der Waals surface area contributed by atoms with Gasteiger partial charge in [0.05, 0.1) is 4.92 Å². The lowest BCUT2D eigenvalue weighted by Gasteiger charge is -2.34. The first-order chi connectivity index (χ1) is 8.59. The van der Waals surface area contributed by atoms with Crippen LogP contribution in [0.1, 0.15) is 19.8 Å². The van der Waals surface area contributed by atoms with Gasteiger partial charge in [-0.1, -0.05) is 6.92 Å². The van der Waals surface area contributed by atoms with Crippen molar-refractivity contribution in [2.75, 3.05) is 25.0 Å². The molecule has 0 radical (unpaired) electrons. The van der Waals surface area contributed by atoms with Gasteiger partial charge in [0.2, 0.25) is 0 Å². The molecule has 0 aromatic carbocycles. The zero-order valence-corrected chi connectivity index (χ0v) is 10.5. The van der Waals surface area contributed by atoms with Crippen molar-refractivity contribution in [3.63, 3.8) is 0 Å². The summed E-state index contributed by atoms with van der Waals surface area (Å²) in [5, 5.41) is 17.1. The first-order valence-electron chi connectivity index (χ1n) is 6.14. The van der Waals surface area contributed by atoms with Crippen molar-refractivity contribution in [1.29, 1.82) is 0 Å². The molecule has 2 rings (SSSR count). The number of nitrogens with zero attached hydrogens (tertiary/aromatic N) is 2. The summed E-state index contributed by atoms with van der Waals surface area (Å²) in [6.45, 7) is 5.20. The average molecular weight is 250 g/mol. The van der Waals surface area contributed by atoms with Crippen LogP contribution in [0.2, 0.25) is 0 Å². The van der Waals surface area contributed by atoms with Crippen LogP contribution in [0.5, 0.6) is 0 Å². The second kappa shape index (κ2) is 5.30. The molecule has 1 aromatic heterocycles. The SMILES string of the molecule is CC1(CNc2ccc([N+](=O)[O-])cn2)CCNCC1. The fourth-order valence-electron chi connectivity index (χ4n) is 2.11. The van der Waals surface area contributed by atoms with Gasteiger partial charge in [0.15, 0.2) is 0 Å². The molecule has 0 saturated carbocycles. The summed E-state index contributed by atoms with van der Waals surface area (Å²) in [6, 6.07) is 3.13. The Morgan fingerprint density at radius 3 is 2.78 bits per heavy atom. The summed E-state index contributed by atoms with van der Waals surface area (Å²) in [7, 11) is 0.